The SMILES string of the molecule is CCNCCCCS(=O)(=O)NC(C)CC(C)CC. The second-order valence-corrected chi connectivity index (χ2v) is 7.02. The standard InChI is InChI=1S/C13H30N2O2S/c1-5-12(3)11-13(4)15-18(16,17)10-8-7-9-14-6-2/h12-15H,5-11H2,1-4H3. The zero-order valence-corrected chi connectivity index (χ0v) is 13.1. The van der Waals surface area contributed by atoms with Gasteiger partial charge in [-0.15, -0.1) is 0 Å². The molecule has 2 unspecified atom stereocenters. The van der Waals surface area contributed by atoms with E-state index in [0.29, 0.717) is 5.92 Å². The van der Waals surface area contributed by atoms with Gasteiger partial charge < -0.3 is 5.32 Å². The molecule has 0 spiro atoms. The summed E-state index contributed by atoms with van der Waals surface area (Å²) in [7, 11) is -3.10. The van der Waals surface area contributed by atoms with Crippen LogP contribution in [-0.2, 0) is 10.0 Å². The van der Waals surface area contributed by atoms with Crippen LogP contribution in [0.4, 0.5) is 0 Å². The van der Waals surface area contributed by atoms with E-state index in [2.05, 4.69) is 30.8 Å². The number of nitrogens with one attached hydrogen (secondary N) is 2. The van der Waals surface area contributed by atoms with E-state index in [1.807, 2.05) is 6.92 Å². The molecule has 0 radical (unpaired) electrons. The van der Waals surface area contributed by atoms with Crippen molar-refractivity contribution in [2.24, 2.45) is 5.92 Å². The van der Waals surface area contributed by atoms with Crippen LogP contribution >= 0.6 is 0 Å². The fourth-order valence-electron chi connectivity index (χ4n) is 1.90. The predicted octanol–water partition coefficient (Wildman–Crippen LogP) is 2.12. The van der Waals surface area contributed by atoms with E-state index in [4.69, 9.17) is 0 Å². The Morgan fingerprint density at radius 2 is 1.78 bits per heavy atom. The molecule has 0 aliphatic heterocycles. The maximum atomic E-state index is 11.8. The van der Waals surface area contributed by atoms with Crippen LogP contribution in [0.1, 0.15) is 53.4 Å². The Labute approximate surface area is 113 Å². The quantitative estimate of drug-likeness (QED) is 0.569. The Kier molecular flexibility index (Phi) is 9.68. The molecule has 0 aromatic heterocycles. The summed E-state index contributed by atoms with van der Waals surface area (Å²) in [4.78, 5) is 0. The van der Waals surface area contributed by atoms with Gasteiger partial charge in [0.05, 0.1) is 5.75 Å². The van der Waals surface area contributed by atoms with Crippen molar-refractivity contribution in [3.63, 3.8) is 0 Å². The summed E-state index contributed by atoms with van der Waals surface area (Å²) in [6.45, 7) is 10.1. The lowest BCUT2D eigenvalue weighted by Crippen LogP contribution is -2.35. The minimum Gasteiger partial charge on any atom is -0.317 e. The van der Waals surface area contributed by atoms with Crippen LogP contribution in [0.3, 0.4) is 0 Å². The van der Waals surface area contributed by atoms with Gasteiger partial charge in [-0.05, 0) is 45.2 Å². The smallest absolute Gasteiger partial charge is 0.211 e. The van der Waals surface area contributed by atoms with Crippen LogP contribution in [0.2, 0.25) is 0 Å². The number of rotatable bonds is 11. The molecule has 0 saturated carbocycles. The Morgan fingerprint density at radius 3 is 2.33 bits per heavy atom. The van der Waals surface area contributed by atoms with E-state index in [1.165, 1.54) is 0 Å². The first-order chi connectivity index (χ1) is 8.41. The third-order valence-electron chi connectivity index (χ3n) is 3.10. The molecule has 2 atom stereocenters. The van der Waals surface area contributed by atoms with Gasteiger partial charge in [-0.3, -0.25) is 0 Å². The van der Waals surface area contributed by atoms with Crippen molar-refractivity contribution in [1.82, 2.24) is 10.0 Å². The Bertz CT molecular complexity index is 291. The minimum absolute atomic E-state index is 0.0405. The molecule has 0 rings (SSSR count). The summed E-state index contributed by atoms with van der Waals surface area (Å²) in [5, 5.41) is 3.19. The van der Waals surface area contributed by atoms with E-state index in [-0.39, 0.29) is 11.8 Å². The topological polar surface area (TPSA) is 58.2 Å². The third kappa shape index (κ3) is 9.85. The molecule has 4 nitrogen and oxygen atoms in total. The first-order valence-corrected chi connectivity index (χ1v) is 8.77. The van der Waals surface area contributed by atoms with Gasteiger partial charge in [0, 0.05) is 6.04 Å². The van der Waals surface area contributed by atoms with Crippen molar-refractivity contribution in [1.29, 1.82) is 0 Å². The van der Waals surface area contributed by atoms with Gasteiger partial charge in [-0.1, -0.05) is 27.2 Å². The molecule has 0 aliphatic carbocycles. The fraction of sp³-hybridized carbons (Fsp3) is 1.00. The van der Waals surface area contributed by atoms with Gasteiger partial charge >= 0.3 is 0 Å². The number of hydrogen-bond donors (Lipinski definition) is 2. The number of hydrogen-bond acceptors (Lipinski definition) is 3. The molecule has 0 fully saturated rings. The average molecular weight is 278 g/mol. The Morgan fingerprint density at radius 1 is 1.11 bits per heavy atom. The van der Waals surface area contributed by atoms with Crippen LogP contribution in [0.5, 0.6) is 0 Å². The first kappa shape index (κ1) is 17.9. The lowest BCUT2D eigenvalue weighted by Gasteiger charge is -2.17. The molecular formula is C13H30N2O2S. The van der Waals surface area contributed by atoms with E-state index in [1.54, 1.807) is 0 Å². The highest BCUT2D eigenvalue weighted by molar-refractivity contribution is 7.89. The normalized spacial score (nSPS) is 15.6. The largest absolute Gasteiger partial charge is 0.317 e. The minimum atomic E-state index is -3.10. The highest BCUT2D eigenvalue weighted by atomic mass is 32.2. The van der Waals surface area contributed by atoms with E-state index >= 15 is 0 Å². The highest BCUT2D eigenvalue weighted by Crippen LogP contribution is 2.10. The van der Waals surface area contributed by atoms with Crippen LogP contribution < -0.4 is 10.0 Å². The van der Waals surface area contributed by atoms with Crippen molar-refractivity contribution in [3.05, 3.63) is 0 Å². The summed E-state index contributed by atoms with van der Waals surface area (Å²) < 4.78 is 26.4. The molecule has 2 N–H and O–H groups in total. The lowest BCUT2D eigenvalue weighted by atomic mass is 10.0. The predicted molar refractivity (Wildman–Crippen MR) is 78.2 cm³/mol. The number of sulfonamides is 1. The van der Waals surface area contributed by atoms with Gasteiger partial charge in [0.25, 0.3) is 0 Å². The van der Waals surface area contributed by atoms with Gasteiger partial charge in [0.15, 0.2) is 0 Å². The monoisotopic (exact) mass is 278 g/mol. The van der Waals surface area contributed by atoms with Crippen LogP contribution in [0.15, 0.2) is 0 Å². The lowest BCUT2D eigenvalue weighted by molar-refractivity contribution is 0.445. The highest BCUT2D eigenvalue weighted by Gasteiger charge is 2.15. The summed E-state index contributed by atoms with van der Waals surface area (Å²) in [6.07, 6.45) is 3.63. The fourth-order valence-corrected chi connectivity index (χ4v) is 3.31. The van der Waals surface area contributed by atoms with Gasteiger partial charge in [0.2, 0.25) is 10.0 Å². The van der Waals surface area contributed by atoms with Crippen LogP contribution in [0, 0.1) is 5.92 Å². The maximum absolute atomic E-state index is 11.8. The van der Waals surface area contributed by atoms with E-state index < -0.39 is 10.0 Å². The summed E-state index contributed by atoms with van der Waals surface area (Å²) in [6, 6.07) is 0.0405. The molecule has 18 heavy (non-hydrogen) atoms. The first-order valence-electron chi connectivity index (χ1n) is 7.12. The Balaban J connectivity index is 3.85. The second kappa shape index (κ2) is 9.75. The second-order valence-electron chi connectivity index (χ2n) is 5.15. The Hall–Kier alpha value is -0.130. The third-order valence-corrected chi connectivity index (χ3v) is 4.69. The summed E-state index contributed by atoms with van der Waals surface area (Å²) in [5.41, 5.74) is 0. The van der Waals surface area contributed by atoms with Crippen LogP contribution in [-0.4, -0.2) is 33.3 Å². The zero-order chi connectivity index (χ0) is 14.0. The summed E-state index contributed by atoms with van der Waals surface area (Å²) in [5.74, 6) is 0.805. The molecule has 0 bridgehead atoms. The molecule has 0 saturated heterocycles. The average Bonchev–Trinajstić information content (AvgIpc) is 2.27. The van der Waals surface area contributed by atoms with E-state index in [9.17, 15) is 8.42 Å². The van der Waals surface area contributed by atoms with Crippen molar-refractivity contribution in [2.45, 2.75) is 59.4 Å². The van der Waals surface area contributed by atoms with Crippen molar-refractivity contribution in [3.8, 4) is 0 Å². The molecule has 5 heteroatoms. The summed E-state index contributed by atoms with van der Waals surface area (Å²) >= 11 is 0. The molecule has 0 heterocycles. The van der Waals surface area contributed by atoms with E-state index in [0.717, 1.165) is 38.8 Å². The van der Waals surface area contributed by atoms with Crippen molar-refractivity contribution >= 4 is 10.0 Å². The molecule has 0 aromatic carbocycles. The van der Waals surface area contributed by atoms with Gasteiger partial charge in [-0.25, -0.2) is 13.1 Å². The molecule has 110 valence electrons. The molecule has 0 aliphatic rings. The van der Waals surface area contributed by atoms with Gasteiger partial charge in [0.1, 0.15) is 0 Å². The maximum Gasteiger partial charge on any atom is 0.211 e. The number of unbranched alkanes of at least 4 members (excludes halogenated alkanes) is 1. The molecule has 0 aromatic rings. The van der Waals surface area contributed by atoms with Crippen LogP contribution in [0.25, 0.3) is 0 Å². The van der Waals surface area contributed by atoms with Gasteiger partial charge in [-0.2, -0.15) is 0 Å². The van der Waals surface area contributed by atoms with Crippen molar-refractivity contribution < 1.29 is 8.42 Å². The zero-order valence-electron chi connectivity index (χ0n) is 12.3. The molecular weight excluding hydrogens is 248 g/mol. The van der Waals surface area contributed by atoms with Crippen molar-refractivity contribution in [2.75, 3.05) is 18.8 Å². The molecule has 0 amide bonds.